The van der Waals surface area contributed by atoms with Crippen molar-refractivity contribution in [2.75, 3.05) is 112 Å². The number of nitrogens with two attached hydrogens (primary N) is 1. The number of aryl methyl sites for hydroxylation is 1. The number of hydrogen-bond donors (Lipinski definition) is 7. The number of fused-ring (bicyclic) bond motifs is 1. The van der Waals surface area contributed by atoms with Crippen molar-refractivity contribution in [2.24, 2.45) is 7.05 Å². The van der Waals surface area contributed by atoms with E-state index in [2.05, 4.69) is 38.3 Å². The minimum absolute atomic E-state index is 0.00810. The van der Waals surface area contributed by atoms with Crippen molar-refractivity contribution in [2.45, 2.75) is 6.54 Å². The second-order valence-corrected chi connectivity index (χ2v) is 17.9. The Morgan fingerprint density at radius 2 is 1.31 bits per heavy atom. The first-order valence-electron chi connectivity index (χ1n) is 21.7. The van der Waals surface area contributed by atoms with Crippen molar-refractivity contribution < 1.29 is 39.9 Å². The van der Waals surface area contributed by atoms with E-state index in [0.29, 0.717) is 45.8 Å². The highest BCUT2D eigenvalue weighted by Crippen LogP contribution is 2.22. The van der Waals surface area contributed by atoms with Crippen molar-refractivity contribution in [1.82, 2.24) is 15.2 Å². The van der Waals surface area contributed by atoms with Gasteiger partial charge in [0.1, 0.15) is 5.75 Å². The zero-order chi connectivity index (χ0) is 45.5. The van der Waals surface area contributed by atoms with Crippen molar-refractivity contribution in [3.8, 4) is 0 Å². The average Bonchev–Trinajstić information content (AvgIpc) is 3.57. The van der Waals surface area contributed by atoms with Gasteiger partial charge in [-0.05, 0) is 59.7 Å². The smallest absolute Gasteiger partial charge is 0.282 e. The molecule has 0 saturated carbocycles. The summed E-state index contributed by atoms with van der Waals surface area (Å²) in [5.74, 6) is 2.36. The average molecular weight is 914 g/mol. The van der Waals surface area contributed by atoms with Crippen molar-refractivity contribution in [3.05, 3.63) is 120 Å². The van der Waals surface area contributed by atoms with Gasteiger partial charge in [0.15, 0.2) is 29.8 Å². The van der Waals surface area contributed by atoms with E-state index in [1.54, 1.807) is 10.8 Å². The Morgan fingerprint density at radius 3 is 1.95 bits per heavy atom. The Bertz CT molecular complexity index is 2240. The molecule has 0 radical (unpaired) electrons. The molecule has 0 saturated heterocycles. The molecule has 16 heteroatoms. The molecule has 0 aliphatic rings. The first kappa shape index (κ1) is 49.7. The van der Waals surface area contributed by atoms with E-state index in [1.807, 2.05) is 137 Å². The fraction of sp³-hybridized carbons (Fsp3) is 0.354. The maximum Gasteiger partial charge on any atom is 0.282 e. The maximum atomic E-state index is 13.2. The highest BCUT2D eigenvalue weighted by molar-refractivity contribution is 8.66. The van der Waals surface area contributed by atoms with Gasteiger partial charge in [-0.2, -0.15) is 0 Å². The number of benzene rings is 4. The number of carbonyl (C=O) groups excluding carboxylic acids is 2. The molecule has 0 unspecified atom stereocenters. The molecule has 64 heavy (non-hydrogen) atoms. The van der Waals surface area contributed by atoms with E-state index in [1.165, 1.54) is 0 Å². The highest BCUT2D eigenvalue weighted by Gasteiger charge is 2.23. The zero-order valence-corrected chi connectivity index (χ0v) is 38.6. The van der Waals surface area contributed by atoms with Crippen molar-refractivity contribution in [3.63, 3.8) is 0 Å². The molecule has 0 bridgehead atoms. The van der Waals surface area contributed by atoms with Crippen LogP contribution in [0.1, 0.15) is 17.0 Å². The molecular weight excluding hydrogens is 849 g/mol. The van der Waals surface area contributed by atoms with Crippen LogP contribution in [0.2, 0.25) is 0 Å². The summed E-state index contributed by atoms with van der Waals surface area (Å²) in [6, 6.07) is 32.1. The van der Waals surface area contributed by atoms with E-state index in [-0.39, 0.29) is 51.3 Å². The van der Waals surface area contributed by atoms with Crippen molar-refractivity contribution in [1.29, 1.82) is 0 Å². The van der Waals surface area contributed by atoms with Gasteiger partial charge in [-0.3, -0.25) is 9.59 Å². The van der Waals surface area contributed by atoms with Crippen LogP contribution in [0.15, 0.2) is 103 Å². The number of nitrogens with zero attached hydrogens (tertiary/aromatic N) is 5. The van der Waals surface area contributed by atoms with Gasteiger partial charge < -0.3 is 51.1 Å². The molecule has 1 heterocycles. The summed E-state index contributed by atoms with van der Waals surface area (Å²) in [7, 11) is 6.88. The Hall–Kier alpha value is -5.33. The van der Waals surface area contributed by atoms with Gasteiger partial charge in [-0.1, -0.05) is 60.7 Å². The number of quaternary nitrogens is 1. The fourth-order valence-electron chi connectivity index (χ4n) is 7.29. The van der Waals surface area contributed by atoms with Gasteiger partial charge in [0, 0.05) is 80.6 Å². The molecule has 0 aliphatic carbocycles. The Morgan fingerprint density at radius 1 is 0.734 bits per heavy atom. The van der Waals surface area contributed by atoms with E-state index in [0.717, 1.165) is 73.0 Å². The number of aliphatic hydroxyl groups excluding tert-OH is 4. The van der Waals surface area contributed by atoms with Crippen LogP contribution in [-0.2, 0) is 34.0 Å². The standard InChI is InChI=1S/C48H62N8O6S2/c1-52(25-7-8-38-13-18-40(19-14-38)54(26-30-57)27-31-58)43-10-4-3-9-42(43)51-36-46(61)49-23-34-63-64-35-24-50-47(62)37-56-45-12-6-5-11-44(45)53(2)48(56)22-17-39-15-20-41(21-16-39)55(28-32-59)29-33-60/h3-22,51,57-60H,23-37H2,1-2H3,(H-,49,50,61,62)/p+3. The molecule has 0 atom stereocenters. The lowest BCUT2D eigenvalue weighted by Gasteiger charge is -2.23. The molecule has 342 valence electrons. The summed E-state index contributed by atoms with van der Waals surface area (Å²) in [6.07, 6.45) is 8.21. The summed E-state index contributed by atoms with van der Waals surface area (Å²) in [5, 5.41) is 45.5. The number of carbonyl (C=O) groups is 2. The van der Waals surface area contributed by atoms with Gasteiger partial charge >= 0.3 is 0 Å². The summed E-state index contributed by atoms with van der Waals surface area (Å²) in [5.41, 5.74) is 7.96. The van der Waals surface area contributed by atoms with Crippen molar-refractivity contribution >= 4 is 85.4 Å². The first-order chi connectivity index (χ1) is 31.3. The fourth-order valence-corrected chi connectivity index (χ4v) is 9.27. The molecule has 0 aliphatic heterocycles. The first-order valence-corrected chi connectivity index (χ1v) is 24.3. The minimum Gasteiger partial charge on any atom is -0.395 e. The summed E-state index contributed by atoms with van der Waals surface area (Å²) < 4.78 is 4.11. The predicted molar refractivity (Wildman–Crippen MR) is 265 cm³/mol. The van der Waals surface area contributed by atoms with E-state index in [4.69, 9.17) is 0 Å². The second-order valence-electron chi connectivity index (χ2n) is 15.0. The molecular formula is C48H65N8O6S2+3. The number of thiol groups is 1. The molecule has 0 fully saturated rings. The van der Waals surface area contributed by atoms with Crippen LogP contribution in [0.4, 0.5) is 22.7 Å². The van der Waals surface area contributed by atoms with Gasteiger partial charge in [0.05, 0.1) is 62.3 Å². The molecule has 2 amide bonds. The SMILES string of the molecule is CN(CC=Cc1ccc(N(CCO)CCO)cc1)c1ccccc1[NH2+]CC(=O)NCCS[SH+]CCNC(=O)Cn1c(C=Cc2ccc(N(CCO)CCO)cc2)[n+](C)c2ccccc21. The lowest BCUT2D eigenvalue weighted by atomic mass is 10.1. The van der Waals surface area contributed by atoms with Crippen LogP contribution >= 0.6 is 10.8 Å². The third kappa shape index (κ3) is 15.1. The van der Waals surface area contributed by atoms with Gasteiger partial charge in [0.2, 0.25) is 0 Å². The van der Waals surface area contributed by atoms with Gasteiger partial charge in [-0.15, -0.1) is 0 Å². The third-order valence-electron chi connectivity index (χ3n) is 10.6. The monoisotopic (exact) mass is 913 g/mol. The lowest BCUT2D eigenvalue weighted by molar-refractivity contribution is -0.647. The predicted octanol–water partition coefficient (Wildman–Crippen LogP) is 1.96. The molecule has 5 aromatic rings. The summed E-state index contributed by atoms with van der Waals surface area (Å²) in [4.78, 5) is 32.0. The number of imidazole rings is 1. The quantitative estimate of drug-likeness (QED) is 0.00983. The summed E-state index contributed by atoms with van der Waals surface area (Å²) >= 11 is 0. The topological polar surface area (TPSA) is 174 Å². The molecule has 1 aromatic heterocycles. The number of nitrogens with one attached hydrogen (secondary N) is 2. The van der Waals surface area contributed by atoms with Gasteiger partial charge in [0.25, 0.3) is 17.6 Å². The zero-order valence-electron chi connectivity index (χ0n) is 36.9. The Kier molecular flexibility index (Phi) is 21.0. The van der Waals surface area contributed by atoms with Crippen LogP contribution < -0.4 is 35.2 Å². The van der Waals surface area contributed by atoms with E-state index < -0.39 is 0 Å². The van der Waals surface area contributed by atoms with Crippen LogP contribution in [0, 0.1) is 0 Å². The number of hydrogen-bond acceptors (Lipinski definition) is 10. The van der Waals surface area contributed by atoms with Crippen LogP contribution in [0.3, 0.4) is 0 Å². The Balaban J connectivity index is 1.000. The lowest BCUT2D eigenvalue weighted by Crippen LogP contribution is -2.81. The summed E-state index contributed by atoms with van der Waals surface area (Å²) in [6.45, 7) is 4.16. The number of aromatic nitrogens is 2. The highest BCUT2D eigenvalue weighted by atomic mass is 33.1. The molecule has 8 N–H and O–H groups in total. The van der Waals surface area contributed by atoms with Crippen LogP contribution in [0.25, 0.3) is 29.3 Å². The third-order valence-corrected chi connectivity index (χ3v) is 13.2. The number of rotatable bonds is 28. The van der Waals surface area contributed by atoms with Crippen LogP contribution in [0.5, 0.6) is 0 Å². The van der Waals surface area contributed by atoms with Crippen LogP contribution in [-0.4, -0.2) is 134 Å². The normalized spacial score (nSPS) is 11.5. The largest absolute Gasteiger partial charge is 0.395 e. The number of likely N-dealkylation sites (N-methyl/N-ethyl adjacent to an activating group) is 1. The van der Waals surface area contributed by atoms with Gasteiger partial charge in [-0.25, -0.2) is 9.13 Å². The molecule has 4 aromatic carbocycles. The minimum atomic E-state index is -0.0641. The number of aliphatic hydroxyl groups is 4. The molecule has 0 spiro atoms. The van der Waals surface area contributed by atoms with E-state index >= 15 is 0 Å². The molecule has 14 nitrogen and oxygen atoms in total. The van der Waals surface area contributed by atoms with E-state index in [9.17, 15) is 30.0 Å². The maximum absolute atomic E-state index is 13.2. The Labute approximate surface area is 384 Å². The number of anilines is 3. The molecule has 5 rings (SSSR count). The number of amides is 2. The second kappa shape index (κ2) is 27.1. The number of para-hydroxylation sites is 4.